The first-order valence-electron chi connectivity index (χ1n) is 6.07. The molecule has 1 amide bonds. The fourth-order valence-electron chi connectivity index (χ4n) is 1.64. The molecule has 0 aliphatic rings. The summed E-state index contributed by atoms with van der Waals surface area (Å²) in [7, 11) is 0. The Balaban J connectivity index is 2.76. The first-order chi connectivity index (χ1) is 7.95. The van der Waals surface area contributed by atoms with Crippen LogP contribution in [-0.4, -0.2) is 22.9 Å². The lowest BCUT2D eigenvalue weighted by Gasteiger charge is -2.28. The number of nitrogens with zero attached hydrogens (tertiary/aromatic N) is 1. The summed E-state index contributed by atoms with van der Waals surface area (Å²) in [6.07, 6.45) is 0.652. The molecule has 0 saturated carbocycles. The van der Waals surface area contributed by atoms with Gasteiger partial charge in [-0.25, -0.2) is 0 Å². The molecular formula is C13H22N2O2. The minimum Gasteiger partial charge on any atom is -0.464 e. The smallest absolute Gasteiger partial charge is 0.240 e. The van der Waals surface area contributed by atoms with Crippen molar-refractivity contribution in [3.05, 3.63) is 23.7 Å². The molecule has 17 heavy (non-hydrogen) atoms. The molecule has 0 radical (unpaired) electrons. The molecular weight excluding hydrogens is 216 g/mol. The number of carbonyl (C=O) groups is 1. The maximum Gasteiger partial charge on any atom is 0.240 e. The van der Waals surface area contributed by atoms with Gasteiger partial charge in [-0.2, -0.15) is 0 Å². The molecule has 0 bridgehead atoms. The van der Waals surface area contributed by atoms with Crippen LogP contribution in [0.1, 0.15) is 38.7 Å². The highest BCUT2D eigenvalue weighted by Crippen LogP contribution is 2.13. The number of furan rings is 1. The number of hydrogen-bond donors (Lipinski definition) is 1. The standard InChI is InChI=1S/C13H22N2O2/c1-5-12(14)13(16)15(9(2)3)8-11-7-6-10(4)17-11/h6-7,9,12H,5,8,14H2,1-4H3/t12-/m1/s1. The summed E-state index contributed by atoms with van der Waals surface area (Å²) >= 11 is 0. The van der Waals surface area contributed by atoms with Crippen molar-refractivity contribution < 1.29 is 9.21 Å². The predicted molar refractivity (Wildman–Crippen MR) is 67.4 cm³/mol. The van der Waals surface area contributed by atoms with Gasteiger partial charge in [0.2, 0.25) is 5.91 Å². The number of rotatable bonds is 5. The van der Waals surface area contributed by atoms with Gasteiger partial charge >= 0.3 is 0 Å². The van der Waals surface area contributed by atoms with Crippen LogP contribution in [0.25, 0.3) is 0 Å². The van der Waals surface area contributed by atoms with Crippen molar-refractivity contribution in [2.75, 3.05) is 0 Å². The third-order valence-electron chi connectivity index (χ3n) is 2.79. The average molecular weight is 238 g/mol. The maximum absolute atomic E-state index is 12.1. The second-order valence-corrected chi connectivity index (χ2v) is 4.59. The van der Waals surface area contributed by atoms with Crippen LogP contribution in [0, 0.1) is 6.92 Å². The first kappa shape index (κ1) is 13.8. The highest BCUT2D eigenvalue weighted by atomic mass is 16.3. The van der Waals surface area contributed by atoms with Gasteiger partial charge in [-0.3, -0.25) is 4.79 Å². The van der Waals surface area contributed by atoms with Crippen LogP contribution in [0.3, 0.4) is 0 Å². The summed E-state index contributed by atoms with van der Waals surface area (Å²) in [4.78, 5) is 13.8. The van der Waals surface area contributed by atoms with Crippen LogP contribution in [-0.2, 0) is 11.3 Å². The van der Waals surface area contributed by atoms with E-state index >= 15 is 0 Å². The third kappa shape index (κ3) is 3.60. The second kappa shape index (κ2) is 5.87. The number of amides is 1. The average Bonchev–Trinajstić information content (AvgIpc) is 2.69. The summed E-state index contributed by atoms with van der Waals surface area (Å²) in [5.41, 5.74) is 5.79. The zero-order valence-electron chi connectivity index (χ0n) is 11.1. The van der Waals surface area contributed by atoms with Crippen LogP contribution in [0.4, 0.5) is 0 Å². The van der Waals surface area contributed by atoms with E-state index in [1.54, 1.807) is 4.90 Å². The quantitative estimate of drug-likeness (QED) is 0.854. The fraction of sp³-hybridized carbons (Fsp3) is 0.615. The van der Waals surface area contributed by atoms with Gasteiger partial charge in [0.05, 0.1) is 12.6 Å². The SMILES string of the molecule is CC[C@@H](N)C(=O)N(Cc1ccc(C)o1)C(C)C. The van der Waals surface area contributed by atoms with Crippen molar-refractivity contribution in [2.45, 2.75) is 52.7 Å². The van der Waals surface area contributed by atoms with Gasteiger partial charge in [-0.05, 0) is 39.3 Å². The molecule has 0 unspecified atom stereocenters. The van der Waals surface area contributed by atoms with E-state index in [0.717, 1.165) is 11.5 Å². The molecule has 1 atom stereocenters. The topological polar surface area (TPSA) is 59.5 Å². The molecule has 2 N–H and O–H groups in total. The van der Waals surface area contributed by atoms with Gasteiger partial charge in [-0.15, -0.1) is 0 Å². The molecule has 1 aromatic rings. The van der Waals surface area contributed by atoms with E-state index in [1.807, 2.05) is 39.8 Å². The van der Waals surface area contributed by atoms with Crippen LogP contribution in [0.15, 0.2) is 16.5 Å². The summed E-state index contributed by atoms with van der Waals surface area (Å²) in [5, 5.41) is 0. The Bertz CT molecular complexity index is 371. The van der Waals surface area contributed by atoms with Crippen LogP contribution in [0.5, 0.6) is 0 Å². The van der Waals surface area contributed by atoms with E-state index in [0.29, 0.717) is 13.0 Å². The van der Waals surface area contributed by atoms with Gasteiger partial charge in [0.1, 0.15) is 11.5 Å². The molecule has 0 spiro atoms. The number of carbonyl (C=O) groups excluding carboxylic acids is 1. The highest BCUT2D eigenvalue weighted by molar-refractivity contribution is 5.81. The highest BCUT2D eigenvalue weighted by Gasteiger charge is 2.23. The number of hydrogen-bond acceptors (Lipinski definition) is 3. The molecule has 0 aromatic carbocycles. The maximum atomic E-state index is 12.1. The molecule has 4 heteroatoms. The van der Waals surface area contributed by atoms with Crippen molar-refractivity contribution in [3.8, 4) is 0 Å². The Labute approximate surface area is 103 Å². The molecule has 4 nitrogen and oxygen atoms in total. The lowest BCUT2D eigenvalue weighted by molar-refractivity contribution is -0.135. The van der Waals surface area contributed by atoms with E-state index < -0.39 is 6.04 Å². The Hall–Kier alpha value is -1.29. The molecule has 1 heterocycles. The zero-order chi connectivity index (χ0) is 13.0. The van der Waals surface area contributed by atoms with Gasteiger partial charge in [0, 0.05) is 6.04 Å². The van der Waals surface area contributed by atoms with Gasteiger partial charge in [0.15, 0.2) is 0 Å². The zero-order valence-corrected chi connectivity index (χ0v) is 11.1. The molecule has 0 aliphatic heterocycles. The van der Waals surface area contributed by atoms with Gasteiger partial charge < -0.3 is 15.1 Å². The van der Waals surface area contributed by atoms with E-state index in [4.69, 9.17) is 10.2 Å². The molecule has 0 fully saturated rings. The normalized spacial score (nSPS) is 12.8. The lowest BCUT2D eigenvalue weighted by atomic mass is 10.1. The molecule has 1 rings (SSSR count). The van der Waals surface area contributed by atoms with Gasteiger partial charge in [-0.1, -0.05) is 6.92 Å². The Morgan fingerprint density at radius 1 is 1.47 bits per heavy atom. The molecule has 96 valence electrons. The van der Waals surface area contributed by atoms with Crippen LogP contribution < -0.4 is 5.73 Å². The Morgan fingerprint density at radius 2 is 2.12 bits per heavy atom. The third-order valence-corrected chi connectivity index (χ3v) is 2.79. The monoisotopic (exact) mass is 238 g/mol. The van der Waals surface area contributed by atoms with E-state index in [9.17, 15) is 4.79 Å². The van der Waals surface area contributed by atoms with Gasteiger partial charge in [0.25, 0.3) is 0 Å². The van der Waals surface area contributed by atoms with Crippen molar-refractivity contribution in [3.63, 3.8) is 0 Å². The van der Waals surface area contributed by atoms with Crippen molar-refractivity contribution in [1.82, 2.24) is 4.90 Å². The van der Waals surface area contributed by atoms with E-state index in [-0.39, 0.29) is 11.9 Å². The number of aryl methyl sites for hydroxylation is 1. The van der Waals surface area contributed by atoms with Crippen LogP contribution >= 0.6 is 0 Å². The fourth-order valence-corrected chi connectivity index (χ4v) is 1.64. The molecule has 0 aliphatic carbocycles. The van der Waals surface area contributed by atoms with E-state index in [1.165, 1.54) is 0 Å². The molecule has 1 aromatic heterocycles. The first-order valence-corrected chi connectivity index (χ1v) is 6.07. The van der Waals surface area contributed by atoms with E-state index in [2.05, 4.69) is 0 Å². The summed E-state index contributed by atoms with van der Waals surface area (Å²) in [6, 6.07) is 3.49. The summed E-state index contributed by atoms with van der Waals surface area (Å²) in [6.45, 7) is 8.26. The predicted octanol–water partition coefficient (Wildman–Crippen LogP) is 2.06. The van der Waals surface area contributed by atoms with Crippen molar-refractivity contribution in [2.24, 2.45) is 5.73 Å². The number of nitrogens with two attached hydrogens (primary N) is 1. The largest absolute Gasteiger partial charge is 0.464 e. The van der Waals surface area contributed by atoms with Crippen molar-refractivity contribution >= 4 is 5.91 Å². The van der Waals surface area contributed by atoms with Crippen molar-refractivity contribution in [1.29, 1.82) is 0 Å². The Kier molecular flexibility index (Phi) is 4.75. The minimum absolute atomic E-state index is 0.0171. The summed E-state index contributed by atoms with van der Waals surface area (Å²) < 4.78 is 5.49. The van der Waals surface area contributed by atoms with Crippen LogP contribution in [0.2, 0.25) is 0 Å². The Morgan fingerprint density at radius 3 is 2.53 bits per heavy atom. The summed E-state index contributed by atoms with van der Waals surface area (Å²) in [5.74, 6) is 1.64. The minimum atomic E-state index is -0.423. The lowest BCUT2D eigenvalue weighted by Crippen LogP contribution is -2.46. The molecule has 0 saturated heterocycles. The second-order valence-electron chi connectivity index (χ2n) is 4.59.